The molecule has 0 heterocycles. The first-order chi connectivity index (χ1) is 7.79. The molecule has 0 spiro atoms. The average Bonchev–Trinajstić information content (AvgIpc) is 2.35. The third-order valence-corrected chi connectivity index (χ3v) is 2.99. The molecule has 1 heteroatoms. The molecule has 0 bridgehead atoms. The van der Waals surface area contributed by atoms with Gasteiger partial charge in [-0.25, -0.2) is 0 Å². The first-order valence-electron chi connectivity index (χ1n) is 6.15. The minimum atomic E-state index is -0.407. The summed E-state index contributed by atoms with van der Waals surface area (Å²) in [6, 6.07) is 9.84. The molecule has 0 unspecified atom stereocenters. The second-order valence-corrected chi connectivity index (χ2v) is 4.25. The maximum absolute atomic E-state index is 10.2. The Morgan fingerprint density at radius 2 is 1.94 bits per heavy atom. The van der Waals surface area contributed by atoms with Gasteiger partial charge in [-0.1, -0.05) is 62.6 Å². The number of unbranched alkanes of at least 4 members (excludes halogenated alkanes) is 2. The Kier molecular flexibility index (Phi) is 5.87. The highest BCUT2D eigenvalue weighted by Crippen LogP contribution is 2.27. The van der Waals surface area contributed by atoms with Crippen LogP contribution in [0.1, 0.15) is 44.3 Å². The molecule has 1 aromatic carbocycles. The van der Waals surface area contributed by atoms with Crippen LogP contribution in [0.15, 0.2) is 43.0 Å². The quantitative estimate of drug-likeness (QED) is 0.539. The van der Waals surface area contributed by atoms with Crippen LogP contribution in [0.4, 0.5) is 0 Å². The van der Waals surface area contributed by atoms with E-state index < -0.39 is 6.10 Å². The summed E-state index contributed by atoms with van der Waals surface area (Å²) in [7, 11) is 0. The minimum absolute atomic E-state index is 0.175. The van der Waals surface area contributed by atoms with E-state index in [2.05, 4.69) is 13.5 Å². The van der Waals surface area contributed by atoms with Gasteiger partial charge in [-0.05, 0) is 12.0 Å². The van der Waals surface area contributed by atoms with E-state index >= 15 is 0 Å². The lowest BCUT2D eigenvalue weighted by atomic mass is 9.91. The van der Waals surface area contributed by atoms with Crippen LogP contribution in [-0.2, 0) is 0 Å². The molecule has 0 aliphatic heterocycles. The highest BCUT2D eigenvalue weighted by molar-refractivity contribution is 5.19. The Labute approximate surface area is 98.8 Å². The molecule has 1 nitrogen and oxygen atoms in total. The van der Waals surface area contributed by atoms with E-state index in [-0.39, 0.29) is 5.92 Å². The Morgan fingerprint density at radius 3 is 2.50 bits per heavy atom. The van der Waals surface area contributed by atoms with Crippen molar-refractivity contribution in [2.24, 2.45) is 5.92 Å². The van der Waals surface area contributed by atoms with Gasteiger partial charge in [0.25, 0.3) is 0 Å². The van der Waals surface area contributed by atoms with E-state index in [1.165, 1.54) is 12.8 Å². The zero-order valence-electron chi connectivity index (χ0n) is 10.1. The van der Waals surface area contributed by atoms with E-state index in [0.717, 1.165) is 18.4 Å². The van der Waals surface area contributed by atoms with Gasteiger partial charge in [0.2, 0.25) is 0 Å². The maximum Gasteiger partial charge on any atom is 0.0852 e. The molecule has 0 aromatic heterocycles. The zero-order valence-corrected chi connectivity index (χ0v) is 10.1. The molecule has 0 amide bonds. The number of aliphatic hydroxyl groups is 1. The van der Waals surface area contributed by atoms with Gasteiger partial charge in [0, 0.05) is 5.92 Å². The van der Waals surface area contributed by atoms with Crippen molar-refractivity contribution in [2.75, 3.05) is 0 Å². The van der Waals surface area contributed by atoms with Crippen LogP contribution in [-0.4, -0.2) is 5.11 Å². The van der Waals surface area contributed by atoms with Gasteiger partial charge >= 0.3 is 0 Å². The van der Waals surface area contributed by atoms with E-state index in [9.17, 15) is 5.11 Å². The monoisotopic (exact) mass is 218 g/mol. The smallest absolute Gasteiger partial charge is 0.0852 e. The summed E-state index contributed by atoms with van der Waals surface area (Å²) < 4.78 is 0. The maximum atomic E-state index is 10.2. The summed E-state index contributed by atoms with van der Waals surface area (Å²) in [6.07, 6.45) is 6.10. The van der Waals surface area contributed by atoms with Crippen molar-refractivity contribution in [3.8, 4) is 0 Å². The first kappa shape index (κ1) is 13.0. The van der Waals surface area contributed by atoms with E-state index in [4.69, 9.17) is 0 Å². The van der Waals surface area contributed by atoms with Crippen molar-refractivity contribution in [3.05, 3.63) is 48.6 Å². The fourth-order valence-corrected chi connectivity index (χ4v) is 1.93. The highest BCUT2D eigenvalue weighted by atomic mass is 16.3. The topological polar surface area (TPSA) is 20.2 Å². The van der Waals surface area contributed by atoms with Gasteiger partial charge < -0.3 is 5.11 Å². The Morgan fingerprint density at radius 1 is 1.25 bits per heavy atom. The molecule has 1 aromatic rings. The summed E-state index contributed by atoms with van der Waals surface area (Å²) in [4.78, 5) is 0. The lowest BCUT2D eigenvalue weighted by molar-refractivity contribution is 0.125. The average molecular weight is 218 g/mol. The van der Waals surface area contributed by atoms with Crippen molar-refractivity contribution in [1.82, 2.24) is 0 Å². The molecular weight excluding hydrogens is 196 g/mol. The summed E-state index contributed by atoms with van der Waals surface area (Å²) in [5, 5.41) is 10.2. The summed E-state index contributed by atoms with van der Waals surface area (Å²) in [5.41, 5.74) is 0.990. The standard InChI is InChI=1S/C15H22O/c1-3-5-7-10-13(4-2)15(16)14-11-8-6-9-12-14/h4,6,8-9,11-13,15-16H,2-3,5,7,10H2,1H3/t13-,15-/m1/s1. The van der Waals surface area contributed by atoms with E-state index in [1.807, 2.05) is 36.4 Å². The van der Waals surface area contributed by atoms with E-state index in [0.29, 0.717) is 0 Å². The van der Waals surface area contributed by atoms with Gasteiger partial charge in [-0.3, -0.25) is 0 Å². The molecule has 2 atom stereocenters. The van der Waals surface area contributed by atoms with Crippen molar-refractivity contribution in [1.29, 1.82) is 0 Å². The SMILES string of the molecule is C=C[C@H](CCCCC)[C@@H](O)c1ccccc1. The fraction of sp³-hybridized carbons (Fsp3) is 0.467. The van der Waals surface area contributed by atoms with Crippen LogP contribution in [0.3, 0.4) is 0 Å². The van der Waals surface area contributed by atoms with Crippen LogP contribution < -0.4 is 0 Å². The Balaban J connectivity index is 2.55. The number of benzene rings is 1. The predicted molar refractivity (Wildman–Crippen MR) is 69.2 cm³/mol. The van der Waals surface area contributed by atoms with Crippen LogP contribution in [0.2, 0.25) is 0 Å². The lowest BCUT2D eigenvalue weighted by Crippen LogP contribution is -2.10. The van der Waals surface area contributed by atoms with Crippen molar-refractivity contribution in [2.45, 2.75) is 38.7 Å². The largest absolute Gasteiger partial charge is 0.388 e. The van der Waals surface area contributed by atoms with Crippen molar-refractivity contribution >= 4 is 0 Å². The third-order valence-electron chi connectivity index (χ3n) is 2.99. The van der Waals surface area contributed by atoms with Gasteiger partial charge in [0.05, 0.1) is 6.10 Å². The first-order valence-corrected chi connectivity index (χ1v) is 6.15. The van der Waals surface area contributed by atoms with E-state index in [1.54, 1.807) is 0 Å². The molecule has 1 rings (SSSR count). The molecule has 0 saturated heterocycles. The molecule has 0 radical (unpaired) electrons. The Bertz CT molecular complexity index is 292. The molecule has 0 aliphatic carbocycles. The van der Waals surface area contributed by atoms with Gasteiger partial charge in [-0.2, -0.15) is 0 Å². The van der Waals surface area contributed by atoms with Gasteiger partial charge in [0.1, 0.15) is 0 Å². The van der Waals surface area contributed by atoms with Gasteiger partial charge in [-0.15, -0.1) is 6.58 Å². The van der Waals surface area contributed by atoms with Crippen LogP contribution >= 0.6 is 0 Å². The highest BCUT2D eigenvalue weighted by Gasteiger charge is 2.16. The van der Waals surface area contributed by atoms with Crippen LogP contribution in [0, 0.1) is 5.92 Å². The minimum Gasteiger partial charge on any atom is -0.388 e. The molecule has 88 valence electrons. The number of hydrogen-bond donors (Lipinski definition) is 1. The summed E-state index contributed by atoms with van der Waals surface area (Å²) in [6.45, 7) is 6.02. The van der Waals surface area contributed by atoms with Gasteiger partial charge in [0.15, 0.2) is 0 Å². The molecule has 0 aliphatic rings. The second kappa shape index (κ2) is 7.24. The number of aliphatic hydroxyl groups excluding tert-OH is 1. The third kappa shape index (κ3) is 3.82. The fourth-order valence-electron chi connectivity index (χ4n) is 1.93. The predicted octanol–water partition coefficient (Wildman–Crippen LogP) is 4.10. The molecule has 1 N–H and O–H groups in total. The number of hydrogen-bond acceptors (Lipinski definition) is 1. The number of rotatable bonds is 7. The molecular formula is C15H22O. The normalized spacial score (nSPS) is 14.4. The molecule has 16 heavy (non-hydrogen) atoms. The molecule has 0 saturated carbocycles. The lowest BCUT2D eigenvalue weighted by Gasteiger charge is -2.19. The summed E-state index contributed by atoms with van der Waals surface area (Å²) in [5.74, 6) is 0.175. The second-order valence-electron chi connectivity index (χ2n) is 4.25. The zero-order chi connectivity index (χ0) is 11.8. The molecule has 0 fully saturated rings. The van der Waals surface area contributed by atoms with Crippen LogP contribution in [0.25, 0.3) is 0 Å². The van der Waals surface area contributed by atoms with Crippen molar-refractivity contribution < 1.29 is 5.11 Å². The van der Waals surface area contributed by atoms with Crippen molar-refractivity contribution in [3.63, 3.8) is 0 Å². The van der Waals surface area contributed by atoms with Crippen LogP contribution in [0.5, 0.6) is 0 Å². The Hall–Kier alpha value is -1.08. The summed E-state index contributed by atoms with van der Waals surface area (Å²) >= 11 is 0.